The summed E-state index contributed by atoms with van der Waals surface area (Å²) in [5, 5.41) is 8.02. The van der Waals surface area contributed by atoms with Crippen molar-refractivity contribution in [2.45, 2.75) is 58.3 Å². The minimum atomic E-state index is 0.692. The minimum absolute atomic E-state index is 0.692. The summed E-state index contributed by atoms with van der Waals surface area (Å²) in [6.07, 6.45) is 10.0. The van der Waals surface area contributed by atoms with Crippen molar-refractivity contribution in [2.24, 2.45) is 18.9 Å². The lowest BCUT2D eigenvalue weighted by molar-refractivity contribution is 0.214. The van der Waals surface area contributed by atoms with Crippen molar-refractivity contribution in [3.8, 4) is 0 Å². The molecular formula is C17H31N3. The molecule has 0 saturated heterocycles. The zero-order chi connectivity index (χ0) is 14.4. The van der Waals surface area contributed by atoms with Gasteiger partial charge >= 0.3 is 0 Å². The van der Waals surface area contributed by atoms with E-state index in [1.807, 2.05) is 6.20 Å². The van der Waals surface area contributed by atoms with Crippen LogP contribution in [0.3, 0.4) is 0 Å². The second-order valence-corrected chi connectivity index (χ2v) is 6.42. The molecule has 0 aliphatic heterocycles. The maximum atomic E-state index is 4.39. The fourth-order valence-electron chi connectivity index (χ4n) is 3.81. The number of nitrogens with zero attached hydrogens (tertiary/aromatic N) is 2. The van der Waals surface area contributed by atoms with Crippen LogP contribution in [0.5, 0.6) is 0 Å². The highest BCUT2D eigenvalue weighted by Gasteiger charge is 2.32. The lowest BCUT2D eigenvalue weighted by Crippen LogP contribution is -2.33. The molecule has 3 heteroatoms. The summed E-state index contributed by atoms with van der Waals surface area (Å²) in [5.41, 5.74) is 1.44. The third-order valence-corrected chi connectivity index (χ3v) is 4.87. The van der Waals surface area contributed by atoms with Crippen LogP contribution in [0, 0.1) is 11.8 Å². The summed E-state index contributed by atoms with van der Waals surface area (Å²) in [5.74, 6) is 2.39. The molecule has 1 fully saturated rings. The van der Waals surface area contributed by atoms with Gasteiger partial charge in [-0.25, -0.2) is 0 Å². The normalized spacial score (nSPS) is 26.9. The van der Waals surface area contributed by atoms with E-state index < -0.39 is 0 Å². The van der Waals surface area contributed by atoms with Gasteiger partial charge in [0.05, 0.1) is 0 Å². The summed E-state index contributed by atoms with van der Waals surface area (Å²) in [4.78, 5) is 0. The van der Waals surface area contributed by atoms with Crippen LogP contribution in [0.1, 0.15) is 64.0 Å². The van der Waals surface area contributed by atoms with Gasteiger partial charge in [-0.3, -0.25) is 4.68 Å². The van der Waals surface area contributed by atoms with Crippen molar-refractivity contribution in [2.75, 3.05) is 13.1 Å². The van der Waals surface area contributed by atoms with Gasteiger partial charge in [-0.2, -0.15) is 5.10 Å². The fourth-order valence-corrected chi connectivity index (χ4v) is 3.81. The molecular weight excluding hydrogens is 246 g/mol. The van der Waals surface area contributed by atoms with Crippen molar-refractivity contribution >= 4 is 0 Å². The van der Waals surface area contributed by atoms with Crippen LogP contribution in [-0.4, -0.2) is 22.9 Å². The van der Waals surface area contributed by atoms with E-state index in [1.54, 1.807) is 0 Å². The van der Waals surface area contributed by atoms with E-state index in [0.29, 0.717) is 5.92 Å². The van der Waals surface area contributed by atoms with E-state index in [1.165, 1.54) is 50.8 Å². The van der Waals surface area contributed by atoms with Crippen LogP contribution in [0.4, 0.5) is 0 Å². The van der Waals surface area contributed by atoms with Crippen LogP contribution in [0.15, 0.2) is 12.3 Å². The van der Waals surface area contributed by atoms with Crippen LogP contribution >= 0.6 is 0 Å². The molecule has 3 nitrogen and oxygen atoms in total. The van der Waals surface area contributed by atoms with Crippen molar-refractivity contribution in [1.82, 2.24) is 15.1 Å². The van der Waals surface area contributed by atoms with Gasteiger partial charge < -0.3 is 5.32 Å². The number of hydrogen-bond donors (Lipinski definition) is 1. The Morgan fingerprint density at radius 3 is 2.80 bits per heavy atom. The average Bonchev–Trinajstić information content (AvgIpc) is 2.87. The van der Waals surface area contributed by atoms with Crippen molar-refractivity contribution in [3.05, 3.63) is 18.0 Å². The zero-order valence-corrected chi connectivity index (χ0v) is 13.4. The van der Waals surface area contributed by atoms with Gasteiger partial charge in [-0.05, 0) is 50.3 Å². The minimum Gasteiger partial charge on any atom is -0.316 e. The lowest BCUT2D eigenvalue weighted by atomic mass is 9.71. The van der Waals surface area contributed by atoms with Crippen LogP contribution in [-0.2, 0) is 7.05 Å². The molecule has 3 unspecified atom stereocenters. The molecule has 1 aromatic heterocycles. The second kappa shape index (κ2) is 7.82. The predicted octanol–water partition coefficient (Wildman–Crippen LogP) is 3.72. The van der Waals surface area contributed by atoms with Crippen LogP contribution in [0.2, 0.25) is 0 Å². The Bertz CT molecular complexity index is 385. The molecule has 1 aliphatic carbocycles. The van der Waals surface area contributed by atoms with Gasteiger partial charge in [0, 0.05) is 24.9 Å². The maximum absolute atomic E-state index is 4.39. The van der Waals surface area contributed by atoms with Gasteiger partial charge in [-0.1, -0.05) is 33.1 Å². The molecule has 0 amide bonds. The molecule has 3 atom stereocenters. The van der Waals surface area contributed by atoms with E-state index >= 15 is 0 Å². The molecule has 2 rings (SSSR count). The highest BCUT2D eigenvalue weighted by molar-refractivity contribution is 5.11. The summed E-state index contributed by atoms with van der Waals surface area (Å²) in [6, 6.07) is 2.23. The number of nitrogens with one attached hydrogen (secondary N) is 1. The van der Waals surface area contributed by atoms with Gasteiger partial charge in [0.15, 0.2) is 0 Å². The zero-order valence-electron chi connectivity index (χ0n) is 13.4. The Labute approximate surface area is 124 Å². The maximum Gasteiger partial charge on any atom is 0.0492 e. The van der Waals surface area contributed by atoms with E-state index in [4.69, 9.17) is 0 Å². The smallest absolute Gasteiger partial charge is 0.0492 e. The topological polar surface area (TPSA) is 29.9 Å². The SMILES string of the molecule is CCCNCC1CCC(CCC)CC1c1ccnn1C. The molecule has 1 heterocycles. The Kier molecular flexibility index (Phi) is 6.08. The standard InChI is InChI=1S/C17H31N3/c1-4-6-14-7-8-15(13-18-10-5-2)16(12-14)17-9-11-19-20(17)3/h9,11,14-16,18H,4-8,10,12-13H2,1-3H3. The first kappa shape index (κ1) is 15.6. The third kappa shape index (κ3) is 3.85. The Hall–Kier alpha value is -0.830. The molecule has 0 bridgehead atoms. The number of aromatic nitrogens is 2. The molecule has 1 aromatic rings. The summed E-state index contributed by atoms with van der Waals surface area (Å²) in [7, 11) is 2.09. The first-order chi connectivity index (χ1) is 9.76. The van der Waals surface area contributed by atoms with E-state index in [-0.39, 0.29) is 0 Å². The Balaban J connectivity index is 2.04. The van der Waals surface area contributed by atoms with Gasteiger partial charge in [0.1, 0.15) is 0 Å². The van der Waals surface area contributed by atoms with E-state index in [9.17, 15) is 0 Å². The van der Waals surface area contributed by atoms with Crippen LogP contribution in [0.25, 0.3) is 0 Å². The molecule has 1 N–H and O–H groups in total. The largest absolute Gasteiger partial charge is 0.316 e. The quantitative estimate of drug-likeness (QED) is 0.770. The molecule has 1 saturated carbocycles. The molecule has 0 radical (unpaired) electrons. The Morgan fingerprint density at radius 1 is 1.30 bits per heavy atom. The van der Waals surface area contributed by atoms with Gasteiger partial charge in [0.25, 0.3) is 0 Å². The van der Waals surface area contributed by atoms with Crippen molar-refractivity contribution in [1.29, 1.82) is 0 Å². The average molecular weight is 277 g/mol. The first-order valence-corrected chi connectivity index (χ1v) is 8.44. The summed E-state index contributed by atoms with van der Waals surface area (Å²) < 4.78 is 2.09. The number of hydrogen-bond acceptors (Lipinski definition) is 2. The third-order valence-electron chi connectivity index (χ3n) is 4.87. The van der Waals surface area contributed by atoms with E-state index in [0.717, 1.165) is 18.4 Å². The molecule has 1 aliphatic rings. The number of rotatable bonds is 7. The molecule has 0 aromatic carbocycles. The fraction of sp³-hybridized carbons (Fsp3) is 0.824. The Morgan fingerprint density at radius 2 is 2.15 bits per heavy atom. The highest BCUT2D eigenvalue weighted by atomic mass is 15.3. The van der Waals surface area contributed by atoms with Gasteiger partial charge in [0.2, 0.25) is 0 Å². The summed E-state index contributed by atoms with van der Waals surface area (Å²) in [6.45, 7) is 6.87. The lowest BCUT2D eigenvalue weighted by Gasteiger charge is -2.36. The summed E-state index contributed by atoms with van der Waals surface area (Å²) >= 11 is 0. The van der Waals surface area contributed by atoms with Gasteiger partial charge in [-0.15, -0.1) is 0 Å². The first-order valence-electron chi connectivity index (χ1n) is 8.44. The second-order valence-electron chi connectivity index (χ2n) is 6.42. The van der Waals surface area contributed by atoms with Crippen molar-refractivity contribution in [3.63, 3.8) is 0 Å². The monoisotopic (exact) mass is 277 g/mol. The van der Waals surface area contributed by atoms with E-state index in [2.05, 4.69) is 42.1 Å². The predicted molar refractivity (Wildman–Crippen MR) is 84.8 cm³/mol. The van der Waals surface area contributed by atoms with Crippen molar-refractivity contribution < 1.29 is 0 Å². The molecule has 114 valence electrons. The highest BCUT2D eigenvalue weighted by Crippen LogP contribution is 2.41. The number of aryl methyl sites for hydroxylation is 1. The van der Waals surface area contributed by atoms with Crippen LogP contribution < -0.4 is 5.32 Å². The molecule has 20 heavy (non-hydrogen) atoms. The molecule has 0 spiro atoms.